The summed E-state index contributed by atoms with van der Waals surface area (Å²) in [5, 5.41) is 8.23. The Balaban J connectivity index is 2.59. The zero-order chi connectivity index (χ0) is 29.0. The maximum atomic E-state index is 12.8. The zero-order valence-corrected chi connectivity index (χ0v) is 22.9. The zero-order valence-electron chi connectivity index (χ0n) is 22.9. The molecule has 1 fully saturated rings. The average Bonchev–Trinajstić information content (AvgIpc) is 3.41. The minimum absolute atomic E-state index is 0.00639. The smallest absolute Gasteiger partial charge is 0.407 e. The van der Waals surface area contributed by atoms with E-state index >= 15 is 0 Å². The number of carbonyl (C=O) groups is 5. The lowest BCUT2D eigenvalue weighted by Gasteiger charge is -2.24. The maximum absolute atomic E-state index is 12.8. The van der Waals surface area contributed by atoms with E-state index in [2.05, 4.69) is 22.5 Å². The number of allylic oxidation sites excluding steroid dienone is 3. The molecule has 0 saturated carbocycles. The van der Waals surface area contributed by atoms with Crippen LogP contribution in [-0.2, 0) is 33.4 Å². The Morgan fingerprint density at radius 2 is 1.95 bits per heavy atom. The highest BCUT2D eigenvalue weighted by atomic mass is 16.5. The second kappa shape index (κ2) is 19.2. The van der Waals surface area contributed by atoms with Crippen molar-refractivity contribution >= 4 is 29.8 Å². The van der Waals surface area contributed by atoms with Crippen LogP contribution in [0.3, 0.4) is 0 Å². The van der Waals surface area contributed by atoms with Gasteiger partial charge in [0.25, 0.3) is 0 Å². The van der Waals surface area contributed by atoms with Crippen molar-refractivity contribution in [2.75, 3.05) is 46.5 Å². The largest absolute Gasteiger partial charge is 0.469 e. The normalized spacial score (nSPS) is 16.1. The number of alkyl carbamates (subject to hydrolysis) is 1. The second-order valence-electron chi connectivity index (χ2n) is 8.44. The fourth-order valence-corrected chi connectivity index (χ4v) is 3.63. The number of nitrogens with one attached hydrogen (secondary N) is 3. The van der Waals surface area contributed by atoms with Gasteiger partial charge in [-0.15, -0.1) is 0 Å². The number of methoxy groups -OCH3 is 1. The molecule has 0 aromatic carbocycles. The molecule has 0 radical (unpaired) electrons. The highest BCUT2D eigenvalue weighted by Gasteiger charge is 2.33. The first-order valence-corrected chi connectivity index (χ1v) is 12.8. The summed E-state index contributed by atoms with van der Waals surface area (Å²) in [6.45, 7) is 8.02. The van der Waals surface area contributed by atoms with Crippen LogP contribution in [0, 0.1) is 0 Å². The van der Waals surface area contributed by atoms with Crippen LogP contribution in [0.15, 0.2) is 48.6 Å². The van der Waals surface area contributed by atoms with Crippen LogP contribution in [0.5, 0.6) is 0 Å². The fraction of sp³-hybridized carbons (Fsp3) is 0.519. The van der Waals surface area contributed by atoms with Gasteiger partial charge in [0.2, 0.25) is 11.8 Å². The van der Waals surface area contributed by atoms with Gasteiger partial charge in [-0.2, -0.15) is 0 Å². The first-order valence-electron chi connectivity index (χ1n) is 12.8. The van der Waals surface area contributed by atoms with Crippen LogP contribution in [0.1, 0.15) is 33.1 Å². The van der Waals surface area contributed by atoms with E-state index in [9.17, 15) is 24.0 Å². The van der Waals surface area contributed by atoms with E-state index in [1.807, 2.05) is 13.0 Å². The molecule has 1 saturated heterocycles. The molecule has 2 atom stereocenters. The SMILES string of the molecule is C=C/C(=C\C=C/C)COC(=O)N[C@H](CNCC(=O)N1CCC[C@@H]1C(=O)NC/C=C/C(=O)OCC)CC(=O)OC. The van der Waals surface area contributed by atoms with Crippen LogP contribution in [-0.4, -0.2) is 93.3 Å². The first kappa shape index (κ1) is 33.1. The average molecular weight is 549 g/mol. The van der Waals surface area contributed by atoms with E-state index in [1.165, 1.54) is 24.2 Å². The molecule has 1 aliphatic rings. The third-order valence-corrected chi connectivity index (χ3v) is 5.58. The van der Waals surface area contributed by atoms with Gasteiger partial charge >= 0.3 is 18.0 Å². The van der Waals surface area contributed by atoms with Crippen molar-refractivity contribution < 1.29 is 38.2 Å². The topological polar surface area (TPSA) is 152 Å². The number of hydrogen-bond acceptors (Lipinski definition) is 9. The summed E-state index contributed by atoms with van der Waals surface area (Å²) in [5.41, 5.74) is 0.690. The van der Waals surface area contributed by atoms with E-state index in [1.54, 1.807) is 25.2 Å². The molecule has 39 heavy (non-hydrogen) atoms. The molecular formula is C27H40N4O8. The Labute approximate surface area is 229 Å². The van der Waals surface area contributed by atoms with E-state index in [0.717, 1.165) is 0 Å². The standard InChI is InChI=1S/C27H40N4O8/c1-5-8-11-20(6-2)19-39-27(36)30-21(16-25(34)37-4)17-28-18-23(32)31-15-10-12-22(31)26(35)29-14-9-13-24(33)38-7-3/h5-6,8-9,11,13,21-22,28H,2,7,10,12,14-19H2,1,3-4H3,(H,29,35)(H,30,36)/b8-5-,13-9+,20-11+/t21-,22+/m0/s1. The highest BCUT2D eigenvalue weighted by Crippen LogP contribution is 2.17. The van der Waals surface area contributed by atoms with Crippen LogP contribution in [0.4, 0.5) is 4.79 Å². The van der Waals surface area contributed by atoms with Gasteiger partial charge < -0.3 is 35.1 Å². The molecule has 0 aliphatic carbocycles. The van der Waals surface area contributed by atoms with Crippen molar-refractivity contribution in [3.8, 4) is 0 Å². The Hall–Kier alpha value is -3.93. The summed E-state index contributed by atoms with van der Waals surface area (Å²) in [6, 6.07) is -1.32. The highest BCUT2D eigenvalue weighted by molar-refractivity contribution is 5.89. The summed E-state index contributed by atoms with van der Waals surface area (Å²) in [4.78, 5) is 62.3. The molecule has 1 heterocycles. The third-order valence-electron chi connectivity index (χ3n) is 5.58. The maximum Gasteiger partial charge on any atom is 0.407 e. The quantitative estimate of drug-likeness (QED) is 0.112. The predicted molar refractivity (Wildman–Crippen MR) is 144 cm³/mol. The summed E-state index contributed by atoms with van der Waals surface area (Å²) in [7, 11) is 1.24. The molecule has 3 amide bonds. The lowest BCUT2D eigenvalue weighted by atomic mass is 10.2. The van der Waals surface area contributed by atoms with Gasteiger partial charge in [-0.05, 0) is 32.3 Å². The van der Waals surface area contributed by atoms with Crippen LogP contribution >= 0.6 is 0 Å². The molecule has 0 unspecified atom stereocenters. The molecule has 1 rings (SSSR count). The molecule has 12 nitrogen and oxygen atoms in total. The van der Waals surface area contributed by atoms with Crippen molar-refractivity contribution in [1.29, 1.82) is 0 Å². The van der Waals surface area contributed by atoms with Gasteiger partial charge in [-0.1, -0.05) is 37.0 Å². The Kier molecular flexibility index (Phi) is 16.3. The van der Waals surface area contributed by atoms with E-state index < -0.39 is 30.1 Å². The van der Waals surface area contributed by atoms with Crippen molar-refractivity contribution in [1.82, 2.24) is 20.9 Å². The van der Waals surface area contributed by atoms with Crippen LogP contribution in [0.2, 0.25) is 0 Å². The number of amides is 3. The molecule has 3 N–H and O–H groups in total. The van der Waals surface area contributed by atoms with Crippen molar-refractivity contribution in [3.05, 3.63) is 48.6 Å². The number of hydrogen-bond donors (Lipinski definition) is 3. The molecule has 0 aromatic heterocycles. The molecule has 1 aliphatic heterocycles. The van der Waals surface area contributed by atoms with Crippen molar-refractivity contribution in [2.45, 2.75) is 45.2 Å². The van der Waals surface area contributed by atoms with E-state index in [0.29, 0.717) is 25.0 Å². The number of esters is 2. The lowest BCUT2D eigenvalue weighted by molar-refractivity contribution is -0.141. The van der Waals surface area contributed by atoms with Crippen LogP contribution < -0.4 is 16.0 Å². The van der Waals surface area contributed by atoms with E-state index in [-0.39, 0.29) is 51.1 Å². The van der Waals surface area contributed by atoms with Gasteiger partial charge in [0, 0.05) is 25.7 Å². The summed E-state index contributed by atoms with van der Waals surface area (Å²) in [5.74, 6) is -1.64. The minimum atomic E-state index is -0.737. The second-order valence-corrected chi connectivity index (χ2v) is 8.44. The summed E-state index contributed by atoms with van der Waals surface area (Å²) < 4.78 is 14.7. The predicted octanol–water partition coefficient (Wildman–Crippen LogP) is 1.15. The Morgan fingerprint density at radius 1 is 1.18 bits per heavy atom. The lowest BCUT2D eigenvalue weighted by Crippen LogP contribution is -2.50. The van der Waals surface area contributed by atoms with Crippen molar-refractivity contribution in [3.63, 3.8) is 0 Å². The molecule has 12 heteroatoms. The van der Waals surface area contributed by atoms with Gasteiger partial charge in [-0.3, -0.25) is 14.4 Å². The number of rotatable bonds is 16. The van der Waals surface area contributed by atoms with Gasteiger partial charge in [0.15, 0.2) is 0 Å². The number of ether oxygens (including phenoxy) is 3. The Morgan fingerprint density at radius 3 is 2.62 bits per heavy atom. The molecular weight excluding hydrogens is 508 g/mol. The number of nitrogens with zero attached hydrogens (tertiary/aromatic N) is 1. The first-order chi connectivity index (χ1) is 18.7. The summed E-state index contributed by atoms with van der Waals surface area (Å²) >= 11 is 0. The fourth-order valence-electron chi connectivity index (χ4n) is 3.63. The Bertz CT molecular complexity index is 944. The van der Waals surface area contributed by atoms with Gasteiger partial charge in [-0.25, -0.2) is 9.59 Å². The van der Waals surface area contributed by atoms with Gasteiger partial charge in [0.1, 0.15) is 12.6 Å². The minimum Gasteiger partial charge on any atom is -0.469 e. The number of carbonyl (C=O) groups excluding carboxylic acids is 5. The number of likely N-dealkylation sites (tertiary alicyclic amines) is 1. The molecule has 0 aromatic rings. The summed E-state index contributed by atoms with van der Waals surface area (Å²) in [6.07, 6.45) is 9.98. The van der Waals surface area contributed by atoms with Gasteiger partial charge in [0.05, 0.1) is 32.7 Å². The van der Waals surface area contributed by atoms with Crippen LogP contribution in [0.25, 0.3) is 0 Å². The monoisotopic (exact) mass is 548 g/mol. The third kappa shape index (κ3) is 13.4. The molecule has 216 valence electrons. The molecule has 0 bridgehead atoms. The molecule has 0 spiro atoms. The van der Waals surface area contributed by atoms with E-state index in [4.69, 9.17) is 14.2 Å². The van der Waals surface area contributed by atoms with Crippen molar-refractivity contribution in [2.24, 2.45) is 0 Å².